The molecular formula is C20H22F3N3O6. The molecule has 0 fully saturated rings. The van der Waals surface area contributed by atoms with Gasteiger partial charge in [0.15, 0.2) is 6.61 Å². The Kier molecular flexibility index (Phi) is 9.22. The highest BCUT2D eigenvalue weighted by Gasteiger charge is 2.31. The fraction of sp³-hybridized carbons (Fsp3) is 0.350. The molecule has 9 nitrogen and oxygen atoms in total. The Hall–Kier alpha value is -3.38. The van der Waals surface area contributed by atoms with Gasteiger partial charge in [-0.2, -0.15) is 0 Å². The van der Waals surface area contributed by atoms with E-state index in [1.807, 2.05) is 0 Å². The summed E-state index contributed by atoms with van der Waals surface area (Å²) in [6, 6.07) is 7.61. The highest BCUT2D eigenvalue weighted by atomic mass is 19.4. The molecule has 4 N–H and O–H groups in total. The maximum Gasteiger partial charge on any atom is 0.573 e. The molecule has 12 heteroatoms. The van der Waals surface area contributed by atoms with Crippen LogP contribution in [0.15, 0.2) is 42.6 Å². The topological polar surface area (TPSA) is 130 Å². The zero-order valence-corrected chi connectivity index (χ0v) is 16.8. The number of ether oxygens (including phenoxy) is 2. The second-order valence-electron chi connectivity index (χ2n) is 6.47. The zero-order valence-electron chi connectivity index (χ0n) is 16.8. The second-order valence-corrected chi connectivity index (χ2v) is 6.47. The minimum absolute atomic E-state index is 0.0921. The maximum absolute atomic E-state index is 12.1. The van der Waals surface area contributed by atoms with Crippen LogP contribution in [-0.2, 0) is 11.4 Å². The lowest BCUT2D eigenvalue weighted by atomic mass is 10.2. The monoisotopic (exact) mass is 457 g/mol. The van der Waals surface area contributed by atoms with Crippen LogP contribution < -0.4 is 20.1 Å². The number of hydrogen-bond donors (Lipinski definition) is 4. The number of benzene rings is 1. The summed E-state index contributed by atoms with van der Waals surface area (Å²) in [5, 5.41) is 24.1. The first-order valence-corrected chi connectivity index (χ1v) is 9.44. The molecule has 2 amide bonds. The van der Waals surface area contributed by atoms with E-state index in [0.29, 0.717) is 0 Å². The molecule has 0 bridgehead atoms. The molecule has 1 atom stereocenters. The van der Waals surface area contributed by atoms with Crippen molar-refractivity contribution in [1.29, 1.82) is 0 Å². The lowest BCUT2D eigenvalue weighted by molar-refractivity contribution is -0.274. The lowest BCUT2D eigenvalue weighted by Gasteiger charge is -2.13. The van der Waals surface area contributed by atoms with Crippen molar-refractivity contribution >= 4 is 11.8 Å². The summed E-state index contributed by atoms with van der Waals surface area (Å²) in [6.45, 7) is -0.761. The Morgan fingerprint density at radius 3 is 2.44 bits per heavy atom. The Morgan fingerprint density at radius 1 is 1.09 bits per heavy atom. The third-order valence-corrected chi connectivity index (χ3v) is 4.01. The van der Waals surface area contributed by atoms with E-state index in [4.69, 9.17) is 4.74 Å². The number of nitrogens with one attached hydrogen (secondary N) is 2. The number of alkyl halides is 3. The van der Waals surface area contributed by atoms with Gasteiger partial charge in [0.05, 0.1) is 24.0 Å². The summed E-state index contributed by atoms with van der Waals surface area (Å²) in [5.74, 6) is -1.25. The van der Waals surface area contributed by atoms with Crippen molar-refractivity contribution in [2.45, 2.75) is 25.5 Å². The van der Waals surface area contributed by atoms with Gasteiger partial charge >= 0.3 is 6.36 Å². The minimum atomic E-state index is -4.80. The van der Waals surface area contributed by atoms with E-state index in [-0.39, 0.29) is 43.1 Å². The van der Waals surface area contributed by atoms with Gasteiger partial charge in [-0.05, 0) is 42.8 Å². The second kappa shape index (κ2) is 11.9. The van der Waals surface area contributed by atoms with Crippen LogP contribution in [0.3, 0.4) is 0 Å². The Bertz CT molecular complexity index is 893. The third-order valence-electron chi connectivity index (χ3n) is 4.01. The van der Waals surface area contributed by atoms with Gasteiger partial charge in [0.25, 0.3) is 11.8 Å². The predicted octanol–water partition coefficient (Wildman–Crippen LogP) is 1.15. The predicted molar refractivity (Wildman–Crippen MR) is 105 cm³/mol. The largest absolute Gasteiger partial charge is 0.573 e. The molecule has 1 aromatic heterocycles. The molecule has 0 spiro atoms. The number of aliphatic hydroxyl groups excluding tert-OH is 2. The van der Waals surface area contributed by atoms with Crippen LogP contribution in [0.4, 0.5) is 13.2 Å². The summed E-state index contributed by atoms with van der Waals surface area (Å²) in [7, 11) is 0. The van der Waals surface area contributed by atoms with Gasteiger partial charge in [-0.3, -0.25) is 14.6 Å². The average Bonchev–Trinajstić information content (AvgIpc) is 2.76. The van der Waals surface area contributed by atoms with Gasteiger partial charge in [-0.1, -0.05) is 0 Å². The van der Waals surface area contributed by atoms with Gasteiger partial charge in [0.1, 0.15) is 11.5 Å². The summed E-state index contributed by atoms with van der Waals surface area (Å²) in [6.07, 6.45) is -4.13. The first-order chi connectivity index (χ1) is 15.2. The smallest absolute Gasteiger partial charge is 0.484 e. The van der Waals surface area contributed by atoms with Crippen LogP contribution in [-0.4, -0.2) is 59.2 Å². The molecule has 0 aliphatic carbocycles. The average molecular weight is 457 g/mol. The number of nitrogens with zero attached hydrogens (tertiary/aromatic N) is 1. The van der Waals surface area contributed by atoms with Crippen molar-refractivity contribution in [2.75, 3.05) is 19.7 Å². The molecule has 1 aromatic carbocycles. The Balaban J connectivity index is 1.65. The fourth-order valence-electron chi connectivity index (χ4n) is 2.49. The van der Waals surface area contributed by atoms with E-state index in [9.17, 15) is 33.0 Å². The number of hydrogen-bond acceptors (Lipinski definition) is 7. The van der Waals surface area contributed by atoms with Gasteiger partial charge < -0.3 is 30.3 Å². The van der Waals surface area contributed by atoms with E-state index in [1.54, 1.807) is 6.07 Å². The lowest BCUT2D eigenvalue weighted by Crippen LogP contribution is -2.37. The van der Waals surface area contributed by atoms with Crippen molar-refractivity contribution < 1.29 is 42.4 Å². The maximum atomic E-state index is 12.1. The van der Waals surface area contributed by atoms with Crippen molar-refractivity contribution in [3.63, 3.8) is 0 Å². The quantitative estimate of drug-likeness (QED) is 0.398. The zero-order chi connectivity index (χ0) is 23.6. The first-order valence-electron chi connectivity index (χ1n) is 9.44. The van der Waals surface area contributed by atoms with E-state index in [0.717, 1.165) is 12.1 Å². The molecule has 2 rings (SSSR count). The van der Waals surface area contributed by atoms with Crippen molar-refractivity contribution in [3.8, 4) is 11.5 Å². The van der Waals surface area contributed by atoms with Gasteiger partial charge in [-0.15, -0.1) is 13.2 Å². The highest BCUT2D eigenvalue weighted by Crippen LogP contribution is 2.24. The number of amides is 2. The molecule has 1 heterocycles. The van der Waals surface area contributed by atoms with E-state index in [1.165, 1.54) is 24.4 Å². The standard InChI is InChI=1S/C20H22F3N3O6/c21-20(22,23)32-15-5-3-14(4-6-15)31-12-18(29)26-10-13(28)7-9-25-19(30)16-2-1-8-24-17(16)11-27/h1-6,8,13,27-28H,7,9-12H2,(H,25,30)(H,26,29)/t13-/m0/s1. The molecule has 0 unspecified atom stereocenters. The van der Waals surface area contributed by atoms with Gasteiger partial charge in [0.2, 0.25) is 0 Å². The molecule has 0 saturated carbocycles. The van der Waals surface area contributed by atoms with Crippen LogP contribution in [0, 0.1) is 0 Å². The highest BCUT2D eigenvalue weighted by molar-refractivity contribution is 5.95. The summed E-state index contributed by atoms with van der Waals surface area (Å²) < 4.78 is 45.2. The number of carbonyl (C=O) groups is 2. The molecule has 0 saturated heterocycles. The Morgan fingerprint density at radius 2 is 1.78 bits per heavy atom. The van der Waals surface area contributed by atoms with Crippen LogP contribution in [0.25, 0.3) is 0 Å². The molecular weight excluding hydrogens is 435 g/mol. The molecule has 0 aliphatic heterocycles. The summed E-state index contributed by atoms with van der Waals surface area (Å²) >= 11 is 0. The number of carbonyl (C=O) groups excluding carboxylic acids is 2. The SMILES string of the molecule is O=C(COc1ccc(OC(F)(F)F)cc1)NC[C@@H](O)CCNC(=O)c1cccnc1CO. The first kappa shape index (κ1) is 24.9. The third kappa shape index (κ3) is 8.78. The number of rotatable bonds is 11. The van der Waals surface area contributed by atoms with Crippen LogP contribution in [0.5, 0.6) is 11.5 Å². The fourth-order valence-corrected chi connectivity index (χ4v) is 2.49. The van der Waals surface area contributed by atoms with Crippen molar-refractivity contribution in [1.82, 2.24) is 15.6 Å². The van der Waals surface area contributed by atoms with Crippen LogP contribution in [0.1, 0.15) is 22.5 Å². The van der Waals surface area contributed by atoms with Gasteiger partial charge in [-0.25, -0.2) is 0 Å². The number of aliphatic hydroxyl groups is 2. The van der Waals surface area contributed by atoms with E-state index in [2.05, 4.69) is 20.4 Å². The molecule has 2 aromatic rings. The molecule has 0 aliphatic rings. The van der Waals surface area contributed by atoms with E-state index >= 15 is 0 Å². The minimum Gasteiger partial charge on any atom is -0.484 e. The molecule has 174 valence electrons. The van der Waals surface area contributed by atoms with E-state index < -0.39 is 36.6 Å². The number of aromatic nitrogens is 1. The number of halogens is 3. The Labute approximate surface area is 181 Å². The molecule has 0 radical (unpaired) electrons. The normalized spacial score (nSPS) is 12.0. The number of pyridine rings is 1. The van der Waals surface area contributed by atoms with Crippen LogP contribution in [0.2, 0.25) is 0 Å². The van der Waals surface area contributed by atoms with Crippen molar-refractivity contribution in [3.05, 3.63) is 53.9 Å². The summed E-state index contributed by atoms with van der Waals surface area (Å²) in [5.41, 5.74) is 0.466. The van der Waals surface area contributed by atoms with Gasteiger partial charge in [0, 0.05) is 19.3 Å². The molecule has 32 heavy (non-hydrogen) atoms. The van der Waals surface area contributed by atoms with Crippen molar-refractivity contribution in [2.24, 2.45) is 0 Å². The van der Waals surface area contributed by atoms with Crippen LogP contribution >= 0.6 is 0 Å². The summed E-state index contributed by atoms with van der Waals surface area (Å²) in [4.78, 5) is 27.8.